The third-order valence-electron chi connectivity index (χ3n) is 4.97. The first kappa shape index (κ1) is 16.8. The Hall–Kier alpha value is -2.60. The fraction of sp³-hybridized carbons (Fsp3) is 0.400. The van der Waals surface area contributed by atoms with E-state index in [0.717, 1.165) is 42.4 Å². The van der Waals surface area contributed by atoms with Gasteiger partial charge in [-0.1, -0.05) is 6.07 Å². The molecule has 2 aromatic heterocycles. The van der Waals surface area contributed by atoms with Crippen LogP contribution in [0.4, 0.5) is 11.5 Å². The molecule has 0 saturated carbocycles. The van der Waals surface area contributed by atoms with Crippen molar-refractivity contribution in [1.82, 2.24) is 14.4 Å². The molecule has 1 aliphatic rings. The normalized spacial score (nSPS) is 14.3. The van der Waals surface area contributed by atoms with Gasteiger partial charge in [-0.3, -0.25) is 9.38 Å². The van der Waals surface area contributed by atoms with Gasteiger partial charge in [0.1, 0.15) is 11.5 Å². The number of nitrogens with zero attached hydrogens (tertiary/aromatic N) is 4. The number of hydrogen-bond donors (Lipinski definition) is 1. The SMILES string of the molecule is COCCNc1c(-c2ccc(N3CCCC3)cc2C)nc2cnccn12. The molecule has 1 saturated heterocycles. The fourth-order valence-electron chi connectivity index (χ4n) is 3.62. The van der Waals surface area contributed by atoms with Crippen LogP contribution in [-0.2, 0) is 4.74 Å². The van der Waals surface area contributed by atoms with Gasteiger partial charge in [-0.05, 0) is 37.5 Å². The highest BCUT2D eigenvalue weighted by molar-refractivity contribution is 5.79. The predicted molar refractivity (Wildman–Crippen MR) is 105 cm³/mol. The highest BCUT2D eigenvalue weighted by atomic mass is 16.5. The molecule has 26 heavy (non-hydrogen) atoms. The van der Waals surface area contributed by atoms with Crippen LogP contribution in [0.25, 0.3) is 16.9 Å². The molecule has 1 aliphatic heterocycles. The second kappa shape index (κ2) is 7.33. The summed E-state index contributed by atoms with van der Waals surface area (Å²) in [4.78, 5) is 11.5. The summed E-state index contributed by atoms with van der Waals surface area (Å²) in [7, 11) is 1.71. The minimum Gasteiger partial charge on any atom is -0.383 e. The second-order valence-corrected chi connectivity index (χ2v) is 6.73. The van der Waals surface area contributed by atoms with Crippen molar-refractivity contribution in [2.45, 2.75) is 19.8 Å². The number of fused-ring (bicyclic) bond motifs is 1. The van der Waals surface area contributed by atoms with Gasteiger partial charge in [0.25, 0.3) is 0 Å². The topological polar surface area (TPSA) is 54.7 Å². The molecule has 6 nitrogen and oxygen atoms in total. The molecule has 3 aromatic rings. The molecule has 0 bridgehead atoms. The molecular formula is C20H25N5O. The average molecular weight is 351 g/mol. The summed E-state index contributed by atoms with van der Waals surface area (Å²) in [6, 6.07) is 6.69. The standard InChI is InChI=1S/C20H25N5O/c1-15-13-16(24-9-3-4-10-24)5-6-17(15)19-20(22-8-12-26-2)25-11-7-21-14-18(25)23-19/h5-7,11,13-14,22H,3-4,8-10,12H2,1-2H3. The summed E-state index contributed by atoms with van der Waals surface area (Å²) in [5.74, 6) is 0.983. The fourth-order valence-corrected chi connectivity index (χ4v) is 3.62. The van der Waals surface area contributed by atoms with Crippen molar-refractivity contribution < 1.29 is 4.74 Å². The van der Waals surface area contributed by atoms with E-state index in [0.29, 0.717) is 6.61 Å². The molecule has 0 aliphatic carbocycles. The first-order chi connectivity index (χ1) is 12.8. The van der Waals surface area contributed by atoms with Gasteiger partial charge < -0.3 is 15.0 Å². The number of ether oxygens (including phenoxy) is 1. The van der Waals surface area contributed by atoms with E-state index in [1.165, 1.54) is 24.1 Å². The van der Waals surface area contributed by atoms with Gasteiger partial charge in [-0.25, -0.2) is 4.98 Å². The number of methoxy groups -OCH3 is 1. The second-order valence-electron chi connectivity index (χ2n) is 6.73. The smallest absolute Gasteiger partial charge is 0.157 e. The summed E-state index contributed by atoms with van der Waals surface area (Å²) in [6.45, 7) is 5.84. The number of hydrogen-bond acceptors (Lipinski definition) is 5. The molecular weight excluding hydrogens is 326 g/mol. The number of aromatic nitrogens is 3. The Morgan fingerprint density at radius 2 is 2.08 bits per heavy atom. The minimum absolute atomic E-state index is 0.643. The monoisotopic (exact) mass is 351 g/mol. The lowest BCUT2D eigenvalue weighted by molar-refractivity contribution is 0.210. The van der Waals surface area contributed by atoms with Crippen molar-refractivity contribution in [2.24, 2.45) is 0 Å². The molecule has 0 unspecified atom stereocenters. The van der Waals surface area contributed by atoms with Crippen LogP contribution in [0.15, 0.2) is 36.8 Å². The molecule has 4 rings (SSSR count). The summed E-state index contributed by atoms with van der Waals surface area (Å²) in [5, 5.41) is 3.47. The van der Waals surface area contributed by atoms with Gasteiger partial charge in [0, 0.05) is 50.4 Å². The quantitative estimate of drug-likeness (QED) is 0.690. The zero-order valence-electron chi connectivity index (χ0n) is 15.4. The van der Waals surface area contributed by atoms with E-state index in [2.05, 4.69) is 40.3 Å². The van der Waals surface area contributed by atoms with Crippen LogP contribution in [-0.4, -0.2) is 47.7 Å². The average Bonchev–Trinajstić information content (AvgIpc) is 3.30. The van der Waals surface area contributed by atoms with Gasteiger partial charge >= 0.3 is 0 Å². The zero-order valence-corrected chi connectivity index (χ0v) is 15.4. The lowest BCUT2D eigenvalue weighted by atomic mass is 10.0. The summed E-state index contributed by atoms with van der Waals surface area (Å²) < 4.78 is 7.23. The highest BCUT2D eigenvalue weighted by Crippen LogP contribution is 2.33. The number of nitrogens with one attached hydrogen (secondary N) is 1. The minimum atomic E-state index is 0.643. The van der Waals surface area contributed by atoms with Crippen LogP contribution in [0.3, 0.4) is 0 Å². The van der Waals surface area contributed by atoms with E-state index in [9.17, 15) is 0 Å². The lowest BCUT2D eigenvalue weighted by Gasteiger charge is -2.19. The van der Waals surface area contributed by atoms with Gasteiger partial charge in [-0.2, -0.15) is 0 Å². The molecule has 0 amide bonds. The van der Waals surface area contributed by atoms with Crippen LogP contribution >= 0.6 is 0 Å². The van der Waals surface area contributed by atoms with Crippen molar-refractivity contribution in [3.8, 4) is 11.3 Å². The number of anilines is 2. The predicted octanol–water partition coefficient (Wildman–Crippen LogP) is 3.36. The van der Waals surface area contributed by atoms with Crippen LogP contribution in [0.1, 0.15) is 18.4 Å². The molecule has 0 radical (unpaired) electrons. The Labute approximate surface area is 153 Å². The van der Waals surface area contributed by atoms with E-state index < -0.39 is 0 Å². The first-order valence-electron chi connectivity index (χ1n) is 9.19. The van der Waals surface area contributed by atoms with Gasteiger partial charge in [0.15, 0.2) is 5.65 Å². The zero-order chi connectivity index (χ0) is 17.9. The van der Waals surface area contributed by atoms with E-state index in [1.54, 1.807) is 19.5 Å². The Balaban J connectivity index is 1.74. The largest absolute Gasteiger partial charge is 0.383 e. The maximum atomic E-state index is 5.18. The van der Waals surface area contributed by atoms with E-state index in [1.807, 2.05) is 10.6 Å². The Kier molecular flexibility index (Phi) is 4.75. The summed E-state index contributed by atoms with van der Waals surface area (Å²) >= 11 is 0. The highest BCUT2D eigenvalue weighted by Gasteiger charge is 2.18. The van der Waals surface area contributed by atoms with Gasteiger partial charge in [-0.15, -0.1) is 0 Å². The molecule has 3 heterocycles. The van der Waals surface area contributed by atoms with Gasteiger partial charge in [0.05, 0.1) is 12.8 Å². The van der Waals surface area contributed by atoms with Crippen LogP contribution in [0.5, 0.6) is 0 Å². The van der Waals surface area contributed by atoms with Crippen molar-refractivity contribution in [3.05, 3.63) is 42.4 Å². The third-order valence-corrected chi connectivity index (χ3v) is 4.97. The van der Waals surface area contributed by atoms with E-state index in [-0.39, 0.29) is 0 Å². The van der Waals surface area contributed by atoms with Crippen LogP contribution in [0.2, 0.25) is 0 Å². The molecule has 1 N–H and O–H groups in total. The van der Waals surface area contributed by atoms with Crippen molar-refractivity contribution in [2.75, 3.05) is 43.6 Å². The van der Waals surface area contributed by atoms with E-state index >= 15 is 0 Å². The number of aryl methyl sites for hydroxylation is 1. The number of imidazole rings is 1. The van der Waals surface area contributed by atoms with Crippen molar-refractivity contribution in [1.29, 1.82) is 0 Å². The molecule has 1 fully saturated rings. The molecule has 6 heteroatoms. The Morgan fingerprint density at radius 3 is 2.85 bits per heavy atom. The van der Waals surface area contributed by atoms with Crippen LogP contribution < -0.4 is 10.2 Å². The maximum Gasteiger partial charge on any atom is 0.157 e. The molecule has 136 valence electrons. The van der Waals surface area contributed by atoms with E-state index in [4.69, 9.17) is 9.72 Å². The Morgan fingerprint density at radius 1 is 1.23 bits per heavy atom. The van der Waals surface area contributed by atoms with Gasteiger partial charge in [0.2, 0.25) is 0 Å². The van der Waals surface area contributed by atoms with Crippen molar-refractivity contribution >= 4 is 17.2 Å². The summed E-state index contributed by atoms with van der Waals surface area (Å²) in [6.07, 6.45) is 8.08. The number of rotatable bonds is 6. The molecule has 0 atom stereocenters. The lowest BCUT2D eigenvalue weighted by Crippen LogP contribution is -2.17. The molecule has 0 spiro atoms. The van der Waals surface area contributed by atoms with Crippen molar-refractivity contribution in [3.63, 3.8) is 0 Å². The van der Waals surface area contributed by atoms with Crippen LogP contribution in [0, 0.1) is 6.92 Å². The first-order valence-corrected chi connectivity index (χ1v) is 9.19. The molecule has 1 aromatic carbocycles. The Bertz CT molecular complexity index is 898. The summed E-state index contributed by atoms with van der Waals surface area (Å²) in [5.41, 5.74) is 5.49. The third kappa shape index (κ3) is 3.12. The maximum absolute atomic E-state index is 5.18. The number of benzene rings is 1.